The summed E-state index contributed by atoms with van der Waals surface area (Å²) < 4.78 is 10.6. The molecule has 0 aliphatic heterocycles. The molecule has 6 nitrogen and oxygen atoms in total. The Morgan fingerprint density at radius 3 is 2.30 bits per heavy atom. The van der Waals surface area contributed by atoms with Crippen molar-refractivity contribution >= 4 is 11.8 Å². The van der Waals surface area contributed by atoms with Crippen molar-refractivity contribution in [1.82, 2.24) is 10.6 Å². The van der Waals surface area contributed by atoms with Crippen LogP contribution in [-0.4, -0.2) is 26.0 Å². The van der Waals surface area contributed by atoms with Crippen LogP contribution < -0.4 is 20.1 Å². The van der Waals surface area contributed by atoms with Gasteiger partial charge in [-0.15, -0.1) is 0 Å². The fourth-order valence-electron chi connectivity index (χ4n) is 2.92. The predicted molar refractivity (Wildman–Crippen MR) is 104 cm³/mol. The number of hydrogen-bond acceptors (Lipinski definition) is 4. The Bertz CT molecular complexity index is 777. The Hall–Kier alpha value is -3.02. The van der Waals surface area contributed by atoms with Crippen LogP contribution in [0.25, 0.3) is 0 Å². The Kier molecular flexibility index (Phi) is 7.23. The first-order valence-corrected chi connectivity index (χ1v) is 8.78. The van der Waals surface area contributed by atoms with E-state index in [-0.39, 0.29) is 30.3 Å². The van der Waals surface area contributed by atoms with Gasteiger partial charge >= 0.3 is 0 Å². The highest BCUT2D eigenvalue weighted by molar-refractivity contribution is 5.79. The highest BCUT2D eigenvalue weighted by Crippen LogP contribution is 2.29. The van der Waals surface area contributed by atoms with Crippen LogP contribution in [0.15, 0.2) is 48.5 Å². The van der Waals surface area contributed by atoms with Crippen molar-refractivity contribution in [1.29, 1.82) is 0 Å². The molecule has 2 amide bonds. The summed E-state index contributed by atoms with van der Waals surface area (Å²) in [6, 6.07) is 14.2. The van der Waals surface area contributed by atoms with Crippen molar-refractivity contribution in [2.75, 3.05) is 14.2 Å². The maximum atomic E-state index is 12.6. The second-order valence-electron chi connectivity index (χ2n) is 6.26. The van der Waals surface area contributed by atoms with Crippen molar-refractivity contribution in [3.05, 3.63) is 59.7 Å². The zero-order valence-corrected chi connectivity index (χ0v) is 16.1. The standard InChI is InChI=1S/C21H26N2O4/c1-14(18-12-17(26-3)10-11-20(18)27-4)22-21(25)13-19(23-15(2)24)16-8-6-5-7-9-16/h5-12,14,19H,13H2,1-4H3,(H,22,25)(H,23,24). The molecule has 2 aromatic carbocycles. The number of carbonyl (C=O) groups excluding carboxylic acids is 2. The van der Waals surface area contributed by atoms with E-state index in [0.717, 1.165) is 11.1 Å². The first-order valence-electron chi connectivity index (χ1n) is 8.78. The van der Waals surface area contributed by atoms with Gasteiger partial charge in [0.1, 0.15) is 11.5 Å². The number of hydrogen-bond donors (Lipinski definition) is 2. The van der Waals surface area contributed by atoms with Gasteiger partial charge in [-0.2, -0.15) is 0 Å². The molecule has 2 unspecified atom stereocenters. The fourth-order valence-corrected chi connectivity index (χ4v) is 2.92. The lowest BCUT2D eigenvalue weighted by molar-refractivity contribution is -0.123. The number of rotatable bonds is 8. The van der Waals surface area contributed by atoms with Crippen molar-refractivity contribution in [3.8, 4) is 11.5 Å². The number of methoxy groups -OCH3 is 2. The lowest BCUT2D eigenvalue weighted by Crippen LogP contribution is -2.33. The summed E-state index contributed by atoms with van der Waals surface area (Å²) in [7, 11) is 3.18. The normalized spacial score (nSPS) is 12.6. The highest BCUT2D eigenvalue weighted by Gasteiger charge is 2.20. The molecule has 0 spiro atoms. The third-order valence-corrected chi connectivity index (χ3v) is 4.25. The molecule has 0 saturated heterocycles. The zero-order valence-electron chi connectivity index (χ0n) is 16.1. The molecule has 2 rings (SSSR count). The summed E-state index contributed by atoms with van der Waals surface area (Å²) in [6.45, 7) is 3.32. The molecule has 6 heteroatoms. The van der Waals surface area contributed by atoms with Crippen LogP contribution in [-0.2, 0) is 9.59 Å². The van der Waals surface area contributed by atoms with E-state index in [9.17, 15) is 9.59 Å². The summed E-state index contributed by atoms with van der Waals surface area (Å²) in [4.78, 5) is 24.1. The summed E-state index contributed by atoms with van der Waals surface area (Å²) >= 11 is 0. The minimum Gasteiger partial charge on any atom is -0.497 e. The summed E-state index contributed by atoms with van der Waals surface area (Å²) in [6.07, 6.45) is 0.139. The fraction of sp³-hybridized carbons (Fsp3) is 0.333. The smallest absolute Gasteiger partial charge is 0.222 e. The molecule has 0 aliphatic carbocycles. The first kappa shape index (κ1) is 20.3. The van der Waals surface area contributed by atoms with E-state index in [1.165, 1.54) is 6.92 Å². The number of nitrogens with one attached hydrogen (secondary N) is 2. The van der Waals surface area contributed by atoms with Gasteiger partial charge < -0.3 is 20.1 Å². The van der Waals surface area contributed by atoms with E-state index in [1.54, 1.807) is 26.4 Å². The van der Waals surface area contributed by atoms with E-state index >= 15 is 0 Å². The number of benzene rings is 2. The van der Waals surface area contributed by atoms with Crippen molar-refractivity contribution < 1.29 is 19.1 Å². The molecule has 2 N–H and O–H groups in total. The zero-order chi connectivity index (χ0) is 19.8. The average Bonchev–Trinajstić information content (AvgIpc) is 2.67. The second kappa shape index (κ2) is 9.62. The highest BCUT2D eigenvalue weighted by atomic mass is 16.5. The van der Waals surface area contributed by atoms with Crippen LogP contribution in [0.3, 0.4) is 0 Å². The van der Waals surface area contributed by atoms with Gasteiger partial charge in [0.25, 0.3) is 0 Å². The summed E-state index contributed by atoms with van der Waals surface area (Å²) in [5, 5.41) is 5.81. The van der Waals surface area contributed by atoms with Crippen molar-refractivity contribution in [2.24, 2.45) is 0 Å². The van der Waals surface area contributed by atoms with Gasteiger partial charge in [0, 0.05) is 12.5 Å². The van der Waals surface area contributed by atoms with E-state index in [2.05, 4.69) is 10.6 Å². The third-order valence-electron chi connectivity index (χ3n) is 4.25. The summed E-state index contributed by atoms with van der Waals surface area (Å²) in [5.41, 5.74) is 1.70. The van der Waals surface area contributed by atoms with Crippen molar-refractivity contribution in [3.63, 3.8) is 0 Å². The first-order chi connectivity index (χ1) is 12.9. The number of amides is 2. The molecule has 0 aliphatic rings. The largest absolute Gasteiger partial charge is 0.497 e. The molecule has 0 saturated carbocycles. The van der Waals surface area contributed by atoms with Crippen LogP contribution in [0.5, 0.6) is 11.5 Å². The minimum atomic E-state index is -0.386. The predicted octanol–water partition coefficient (Wildman–Crippen LogP) is 3.15. The molecular formula is C21H26N2O4. The van der Waals surface area contributed by atoms with E-state index < -0.39 is 0 Å². The van der Waals surface area contributed by atoms with Gasteiger partial charge in [0.05, 0.1) is 32.7 Å². The molecule has 27 heavy (non-hydrogen) atoms. The number of carbonyl (C=O) groups is 2. The Labute approximate surface area is 159 Å². The SMILES string of the molecule is COc1ccc(OC)c(C(C)NC(=O)CC(NC(C)=O)c2ccccc2)c1. The van der Waals surface area contributed by atoms with Gasteiger partial charge in [-0.05, 0) is 30.7 Å². The second-order valence-corrected chi connectivity index (χ2v) is 6.26. The Morgan fingerprint density at radius 2 is 1.70 bits per heavy atom. The molecule has 0 radical (unpaired) electrons. The molecular weight excluding hydrogens is 344 g/mol. The monoisotopic (exact) mass is 370 g/mol. The van der Waals surface area contributed by atoms with Crippen LogP contribution in [0, 0.1) is 0 Å². The quantitative estimate of drug-likeness (QED) is 0.748. The lowest BCUT2D eigenvalue weighted by Gasteiger charge is -2.21. The van der Waals surface area contributed by atoms with E-state index in [1.807, 2.05) is 43.3 Å². The molecule has 0 bridgehead atoms. The molecule has 144 valence electrons. The lowest BCUT2D eigenvalue weighted by atomic mass is 10.0. The van der Waals surface area contributed by atoms with Gasteiger partial charge in [-0.3, -0.25) is 9.59 Å². The molecule has 0 aromatic heterocycles. The molecule has 2 aromatic rings. The van der Waals surface area contributed by atoms with Gasteiger partial charge in [-0.25, -0.2) is 0 Å². The molecule has 0 fully saturated rings. The topological polar surface area (TPSA) is 76.7 Å². The van der Waals surface area contributed by atoms with Crippen LogP contribution >= 0.6 is 0 Å². The third kappa shape index (κ3) is 5.74. The molecule has 2 atom stereocenters. The Morgan fingerprint density at radius 1 is 1.00 bits per heavy atom. The number of ether oxygens (including phenoxy) is 2. The summed E-state index contributed by atoms with van der Waals surface area (Å²) in [5.74, 6) is 1.01. The maximum absolute atomic E-state index is 12.6. The molecule has 0 heterocycles. The minimum absolute atomic E-state index is 0.139. The van der Waals surface area contributed by atoms with Crippen LogP contribution in [0.4, 0.5) is 0 Å². The van der Waals surface area contributed by atoms with E-state index in [0.29, 0.717) is 11.5 Å². The van der Waals surface area contributed by atoms with Gasteiger partial charge in [-0.1, -0.05) is 30.3 Å². The average molecular weight is 370 g/mol. The van der Waals surface area contributed by atoms with Gasteiger partial charge in [0.2, 0.25) is 11.8 Å². The Balaban J connectivity index is 2.12. The van der Waals surface area contributed by atoms with Gasteiger partial charge in [0.15, 0.2) is 0 Å². The van der Waals surface area contributed by atoms with Crippen molar-refractivity contribution in [2.45, 2.75) is 32.4 Å². The van der Waals surface area contributed by atoms with Crippen LogP contribution in [0.1, 0.15) is 43.5 Å². The van der Waals surface area contributed by atoms with Crippen LogP contribution in [0.2, 0.25) is 0 Å². The maximum Gasteiger partial charge on any atom is 0.222 e. The van der Waals surface area contributed by atoms with E-state index in [4.69, 9.17) is 9.47 Å².